The Bertz CT molecular complexity index is 1030. The molecule has 0 spiro atoms. The quantitative estimate of drug-likeness (QED) is 0.567. The van der Waals surface area contributed by atoms with Crippen molar-refractivity contribution in [3.05, 3.63) is 58.6 Å². The number of methoxy groups -OCH3 is 1. The first-order valence-electron chi connectivity index (χ1n) is 12.0. The summed E-state index contributed by atoms with van der Waals surface area (Å²) in [6.45, 7) is 3.20. The number of fused-ring (bicyclic) bond motifs is 1. The van der Waals surface area contributed by atoms with Crippen LogP contribution in [0, 0.1) is 0 Å². The van der Waals surface area contributed by atoms with Crippen molar-refractivity contribution in [3.63, 3.8) is 0 Å². The molecule has 8 nitrogen and oxygen atoms in total. The minimum Gasteiger partial charge on any atom is -0.382 e. The molecule has 2 aliphatic heterocycles. The van der Waals surface area contributed by atoms with Gasteiger partial charge in [-0.15, -0.1) is 0 Å². The van der Waals surface area contributed by atoms with Crippen LogP contribution in [0.25, 0.3) is 0 Å². The third-order valence-corrected chi connectivity index (χ3v) is 6.81. The maximum Gasteiger partial charge on any atom is 0.322 e. The molecule has 2 aromatic carbocycles. The lowest BCUT2D eigenvalue weighted by molar-refractivity contribution is -0.119. The van der Waals surface area contributed by atoms with Gasteiger partial charge in [0.2, 0.25) is 5.91 Å². The molecule has 2 aliphatic rings. The van der Waals surface area contributed by atoms with Crippen LogP contribution in [0.2, 0.25) is 5.02 Å². The van der Waals surface area contributed by atoms with Crippen LogP contribution in [-0.2, 0) is 27.1 Å². The first kappa shape index (κ1) is 25.4. The molecule has 2 N–H and O–H groups in total. The SMILES string of the molecule is COCCO[C@@H]1C[C@H](C(=O)Nc2ccc3c(c2)CCN(C)CC3)N(C(=O)Nc2ccc(Cl)cc2)C1. The van der Waals surface area contributed by atoms with Crippen LogP contribution in [0.5, 0.6) is 0 Å². The number of hydrogen-bond acceptors (Lipinski definition) is 5. The average Bonchev–Trinajstić information content (AvgIpc) is 3.19. The Morgan fingerprint density at radius 3 is 2.46 bits per heavy atom. The van der Waals surface area contributed by atoms with Gasteiger partial charge in [-0.2, -0.15) is 0 Å². The molecular weight excluding hydrogens is 468 g/mol. The predicted molar refractivity (Wildman–Crippen MR) is 137 cm³/mol. The highest BCUT2D eigenvalue weighted by Gasteiger charge is 2.40. The number of hydrogen-bond donors (Lipinski definition) is 2. The van der Waals surface area contributed by atoms with Crippen LogP contribution in [0.1, 0.15) is 17.5 Å². The molecular formula is C26H33ClN4O4. The number of benzene rings is 2. The first-order valence-corrected chi connectivity index (χ1v) is 12.4. The number of urea groups is 1. The van der Waals surface area contributed by atoms with Gasteiger partial charge in [0.15, 0.2) is 0 Å². The Kier molecular flexibility index (Phi) is 8.62. The zero-order valence-electron chi connectivity index (χ0n) is 20.3. The van der Waals surface area contributed by atoms with Crippen LogP contribution in [-0.4, -0.2) is 80.9 Å². The number of likely N-dealkylation sites (tertiary alicyclic amines) is 1. The van der Waals surface area contributed by atoms with Gasteiger partial charge in [0.25, 0.3) is 0 Å². The van der Waals surface area contributed by atoms with Crippen molar-refractivity contribution in [1.82, 2.24) is 9.80 Å². The molecule has 0 radical (unpaired) electrons. The highest BCUT2D eigenvalue weighted by atomic mass is 35.5. The van der Waals surface area contributed by atoms with E-state index in [0.717, 1.165) is 31.6 Å². The van der Waals surface area contributed by atoms with E-state index in [2.05, 4.69) is 34.7 Å². The summed E-state index contributed by atoms with van der Waals surface area (Å²) in [5, 5.41) is 6.48. The predicted octanol–water partition coefficient (Wildman–Crippen LogP) is 3.65. The summed E-state index contributed by atoms with van der Waals surface area (Å²) in [4.78, 5) is 30.3. The summed E-state index contributed by atoms with van der Waals surface area (Å²) in [6, 6.07) is 12.0. The van der Waals surface area contributed by atoms with Gasteiger partial charge in [-0.1, -0.05) is 17.7 Å². The van der Waals surface area contributed by atoms with Gasteiger partial charge in [0.05, 0.1) is 19.3 Å². The van der Waals surface area contributed by atoms with E-state index >= 15 is 0 Å². The fourth-order valence-electron chi connectivity index (χ4n) is 4.56. The van der Waals surface area contributed by atoms with Crippen molar-refractivity contribution in [1.29, 1.82) is 0 Å². The highest BCUT2D eigenvalue weighted by Crippen LogP contribution is 2.25. The van der Waals surface area contributed by atoms with Gasteiger partial charge in [0.1, 0.15) is 6.04 Å². The number of carbonyl (C=O) groups excluding carboxylic acids is 2. The Balaban J connectivity index is 1.46. The Hall–Kier alpha value is -2.65. The molecule has 2 atom stereocenters. The summed E-state index contributed by atoms with van der Waals surface area (Å²) < 4.78 is 10.9. The van der Waals surface area contributed by atoms with E-state index in [0.29, 0.717) is 36.9 Å². The molecule has 2 heterocycles. The molecule has 0 aromatic heterocycles. The van der Waals surface area contributed by atoms with E-state index < -0.39 is 6.04 Å². The molecule has 0 bridgehead atoms. The van der Waals surface area contributed by atoms with E-state index in [9.17, 15) is 9.59 Å². The second-order valence-electron chi connectivity index (χ2n) is 9.10. The monoisotopic (exact) mass is 500 g/mol. The number of amides is 3. The first-order chi connectivity index (χ1) is 16.9. The summed E-state index contributed by atoms with van der Waals surface area (Å²) in [7, 11) is 3.74. The summed E-state index contributed by atoms with van der Waals surface area (Å²) in [5.74, 6) is -0.222. The lowest BCUT2D eigenvalue weighted by Crippen LogP contribution is -2.45. The smallest absolute Gasteiger partial charge is 0.322 e. The average molecular weight is 501 g/mol. The molecule has 35 heavy (non-hydrogen) atoms. The van der Waals surface area contributed by atoms with Crippen LogP contribution >= 0.6 is 11.6 Å². The zero-order chi connectivity index (χ0) is 24.8. The standard InChI is InChI=1S/C26H33ClN4O4/c1-30-11-9-18-3-6-22(15-19(18)10-12-30)28-25(32)24-16-23(35-14-13-34-2)17-31(24)26(33)29-21-7-4-20(27)5-8-21/h3-8,15,23-24H,9-14,16-17H2,1-2H3,(H,28,32)(H,29,33)/t23-,24-/m1/s1. The number of nitrogens with zero attached hydrogens (tertiary/aromatic N) is 2. The molecule has 1 fully saturated rings. The molecule has 0 saturated carbocycles. The molecule has 1 saturated heterocycles. The van der Waals surface area contributed by atoms with Gasteiger partial charge >= 0.3 is 6.03 Å². The highest BCUT2D eigenvalue weighted by molar-refractivity contribution is 6.30. The lowest BCUT2D eigenvalue weighted by Gasteiger charge is -2.24. The van der Waals surface area contributed by atoms with Crippen molar-refractivity contribution >= 4 is 34.9 Å². The number of rotatable bonds is 7. The van der Waals surface area contributed by atoms with Crippen LogP contribution in [0.3, 0.4) is 0 Å². The minimum atomic E-state index is -0.653. The van der Waals surface area contributed by atoms with Crippen LogP contribution in [0.15, 0.2) is 42.5 Å². The van der Waals surface area contributed by atoms with Gasteiger partial charge in [-0.25, -0.2) is 4.79 Å². The molecule has 0 unspecified atom stereocenters. The van der Waals surface area contributed by atoms with Gasteiger partial charge in [-0.3, -0.25) is 4.79 Å². The van der Waals surface area contributed by atoms with Crippen LogP contribution < -0.4 is 10.6 Å². The van der Waals surface area contributed by atoms with E-state index in [1.54, 1.807) is 36.3 Å². The van der Waals surface area contributed by atoms with E-state index in [4.69, 9.17) is 21.1 Å². The maximum atomic E-state index is 13.4. The van der Waals surface area contributed by atoms with Crippen molar-refractivity contribution in [3.8, 4) is 0 Å². The zero-order valence-corrected chi connectivity index (χ0v) is 21.0. The summed E-state index contributed by atoms with van der Waals surface area (Å²) in [6.07, 6.45) is 2.12. The molecule has 9 heteroatoms. The molecule has 4 rings (SSSR count). The van der Waals surface area contributed by atoms with Crippen molar-refractivity contribution < 1.29 is 19.1 Å². The number of likely N-dealkylation sites (N-methyl/N-ethyl adjacent to an activating group) is 1. The normalized spacial score (nSPS) is 20.3. The van der Waals surface area contributed by atoms with Gasteiger partial charge in [-0.05, 0) is 67.4 Å². The van der Waals surface area contributed by atoms with Crippen molar-refractivity contribution in [2.24, 2.45) is 0 Å². The third-order valence-electron chi connectivity index (χ3n) is 6.56. The lowest BCUT2D eigenvalue weighted by atomic mass is 10.0. The molecule has 0 aliphatic carbocycles. The van der Waals surface area contributed by atoms with Gasteiger partial charge < -0.3 is 29.9 Å². The summed E-state index contributed by atoms with van der Waals surface area (Å²) in [5.41, 5.74) is 3.94. The number of anilines is 2. The molecule has 2 aromatic rings. The Labute approximate surface area is 211 Å². The fraction of sp³-hybridized carbons (Fsp3) is 0.462. The van der Waals surface area contributed by atoms with Crippen molar-refractivity contribution in [2.75, 3.05) is 57.6 Å². The third kappa shape index (κ3) is 6.73. The largest absolute Gasteiger partial charge is 0.382 e. The van der Waals surface area contributed by atoms with Crippen molar-refractivity contribution in [2.45, 2.75) is 31.4 Å². The van der Waals surface area contributed by atoms with E-state index in [-0.39, 0.29) is 18.0 Å². The number of nitrogens with one attached hydrogen (secondary N) is 2. The number of carbonyl (C=O) groups is 2. The second-order valence-corrected chi connectivity index (χ2v) is 9.54. The fourth-order valence-corrected chi connectivity index (χ4v) is 4.68. The topological polar surface area (TPSA) is 83.1 Å². The number of ether oxygens (including phenoxy) is 2. The second kappa shape index (κ2) is 11.9. The molecule has 3 amide bonds. The van der Waals surface area contributed by atoms with E-state index in [1.807, 2.05) is 6.07 Å². The van der Waals surface area contributed by atoms with Gasteiger partial charge in [0, 0.05) is 49.6 Å². The number of halogens is 1. The Morgan fingerprint density at radius 1 is 1.00 bits per heavy atom. The maximum absolute atomic E-state index is 13.4. The minimum absolute atomic E-state index is 0.222. The Morgan fingerprint density at radius 2 is 1.71 bits per heavy atom. The molecule has 188 valence electrons. The van der Waals surface area contributed by atoms with Crippen LogP contribution in [0.4, 0.5) is 16.2 Å². The summed E-state index contributed by atoms with van der Waals surface area (Å²) >= 11 is 5.95. The van der Waals surface area contributed by atoms with E-state index in [1.165, 1.54) is 11.1 Å².